The lowest BCUT2D eigenvalue weighted by Gasteiger charge is -2.36. The van der Waals surface area contributed by atoms with Crippen LogP contribution in [0.3, 0.4) is 0 Å². The topological polar surface area (TPSA) is 54.0 Å². The molecule has 2 heterocycles. The zero-order valence-corrected chi connectivity index (χ0v) is 24.2. The molecule has 0 aromatic carbocycles. The van der Waals surface area contributed by atoms with Crippen molar-refractivity contribution in [2.75, 3.05) is 13.7 Å². The predicted molar refractivity (Wildman–Crippen MR) is 144 cm³/mol. The summed E-state index contributed by atoms with van der Waals surface area (Å²) in [4.78, 5) is 11.4. The summed E-state index contributed by atoms with van der Waals surface area (Å²) >= 11 is 2.30. The fourth-order valence-corrected chi connectivity index (χ4v) is 6.83. The number of fused-ring (bicyclic) bond motifs is 1. The minimum absolute atomic E-state index is 0.0118. The highest BCUT2D eigenvalue weighted by molar-refractivity contribution is 14.1. The molecule has 7 heteroatoms. The quantitative estimate of drug-likeness (QED) is 0.0981. The number of carbonyl (C=O) groups excluding carboxylic acids is 1. The molecule has 0 radical (unpaired) electrons. The van der Waals surface area contributed by atoms with Crippen molar-refractivity contribution in [3.8, 4) is 0 Å². The molecule has 3 aliphatic rings. The van der Waals surface area contributed by atoms with E-state index in [0.29, 0.717) is 12.8 Å². The number of allylic oxidation sites excluding steroid dienone is 1. The van der Waals surface area contributed by atoms with Crippen LogP contribution >= 0.6 is 22.6 Å². The second kappa shape index (κ2) is 14.1. The fourth-order valence-electron chi connectivity index (χ4n) is 5.82. The minimum atomic E-state index is -0.980. The van der Waals surface area contributed by atoms with Gasteiger partial charge in [0.25, 0.3) is 0 Å². The minimum Gasteiger partial charge on any atom is -0.469 e. The van der Waals surface area contributed by atoms with E-state index >= 15 is 4.39 Å². The first-order valence-corrected chi connectivity index (χ1v) is 15.0. The molecule has 0 N–H and O–H groups in total. The van der Waals surface area contributed by atoms with Crippen LogP contribution in [0.15, 0.2) is 12.2 Å². The van der Waals surface area contributed by atoms with E-state index in [1.165, 1.54) is 7.11 Å². The molecule has 0 aromatic rings. The SMILES string of the molecule is CCCCC(C)(C)[C@@H](C=C[C@H]1CC[C@H]2O[C@@H](C(I)CCCC(=O)OC)[C@@H](F)[C@H]12)OC1CCCCO1. The van der Waals surface area contributed by atoms with Gasteiger partial charge in [-0.2, -0.15) is 0 Å². The number of rotatable bonds is 13. The van der Waals surface area contributed by atoms with Crippen molar-refractivity contribution in [2.24, 2.45) is 17.3 Å². The number of alkyl halides is 2. The Morgan fingerprint density at radius 1 is 1.23 bits per heavy atom. The van der Waals surface area contributed by atoms with E-state index in [1.807, 2.05) is 0 Å². The molecule has 8 atom stereocenters. The molecule has 1 aliphatic carbocycles. The molecule has 3 rings (SSSR count). The van der Waals surface area contributed by atoms with Crippen LogP contribution in [0.1, 0.15) is 91.4 Å². The summed E-state index contributed by atoms with van der Waals surface area (Å²) in [6.07, 6.45) is 13.1. The summed E-state index contributed by atoms with van der Waals surface area (Å²) in [6, 6.07) is 0. The van der Waals surface area contributed by atoms with Crippen molar-refractivity contribution in [2.45, 2.75) is 126 Å². The van der Waals surface area contributed by atoms with E-state index in [4.69, 9.17) is 18.9 Å². The third-order valence-corrected chi connectivity index (χ3v) is 9.41. The van der Waals surface area contributed by atoms with Gasteiger partial charge in [-0.15, -0.1) is 0 Å². The molecule has 0 bridgehead atoms. The smallest absolute Gasteiger partial charge is 0.305 e. The van der Waals surface area contributed by atoms with Gasteiger partial charge in [0.2, 0.25) is 0 Å². The fraction of sp³-hybridized carbons (Fsp3) is 0.893. The first-order valence-electron chi connectivity index (χ1n) is 13.7. The van der Waals surface area contributed by atoms with Gasteiger partial charge in [0.05, 0.1) is 19.3 Å². The van der Waals surface area contributed by atoms with Crippen molar-refractivity contribution in [1.29, 1.82) is 0 Å². The molecule has 0 aromatic heterocycles. The van der Waals surface area contributed by atoms with Gasteiger partial charge in [-0.1, -0.05) is 68.4 Å². The lowest BCUT2D eigenvalue weighted by Crippen LogP contribution is -2.36. The number of methoxy groups -OCH3 is 1. The van der Waals surface area contributed by atoms with Gasteiger partial charge in [-0.3, -0.25) is 4.79 Å². The molecule has 2 aliphatic heterocycles. The maximum absolute atomic E-state index is 15.7. The molecule has 2 saturated heterocycles. The van der Waals surface area contributed by atoms with Crippen LogP contribution in [0.2, 0.25) is 0 Å². The van der Waals surface area contributed by atoms with Gasteiger partial charge >= 0.3 is 5.97 Å². The van der Waals surface area contributed by atoms with E-state index in [-0.39, 0.29) is 45.6 Å². The van der Waals surface area contributed by atoms with Gasteiger partial charge in [0, 0.05) is 22.9 Å². The highest BCUT2D eigenvalue weighted by atomic mass is 127. The molecule has 0 amide bonds. The van der Waals surface area contributed by atoms with Crippen LogP contribution in [0.5, 0.6) is 0 Å². The van der Waals surface area contributed by atoms with Crippen molar-refractivity contribution in [3.05, 3.63) is 12.2 Å². The zero-order chi connectivity index (χ0) is 25.4. The summed E-state index contributed by atoms with van der Waals surface area (Å²) in [5, 5.41) is 0. The van der Waals surface area contributed by atoms with Gasteiger partial charge in [0.1, 0.15) is 12.3 Å². The third-order valence-electron chi connectivity index (χ3n) is 8.08. The summed E-state index contributed by atoms with van der Waals surface area (Å²) in [5.74, 6) is -0.143. The normalized spacial score (nSPS) is 33.1. The van der Waals surface area contributed by atoms with Crippen molar-refractivity contribution in [3.63, 3.8) is 0 Å². The first-order chi connectivity index (χ1) is 16.8. The van der Waals surface area contributed by atoms with Crippen LogP contribution in [0.4, 0.5) is 4.39 Å². The summed E-state index contributed by atoms with van der Waals surface area (Å²) in [5.41, 5.74) is -0.0118. The van der Waals surface area contributed by atoms with Crippen LogP contribution in [0.25, 0.3) is 0 Å². The largest absolute Gasteiger partial charge is 0.469 e. The standard InChI is InChI=1S/C28H46FIO5/c1-5-6-17-28(2,3)22(35-24-12-7-8-18-33-24)16-14-19-13-15-21-25(19)26(29)27(34-21)20(30)10-9-11-23(31)32-4/h14,16,19-22,24-27H,5-13,15,17-18H2,1-4H3/t19-,20?,21-,22-,24?,25-,26+,27+/m1/s1. The molecule has 0 spiro atoms. The van der Waals surface area contributed by atoms with E-state index in [0.717, 1.165) is 64.4 Å². The Morgan fingerprint density at radius 3 is 2.71 bits per heavy atom. The van der Waals surface area contributed by atoms with Crippen LogP contribution in [-0.2, 0) is 23.7 Å². The van der Waals surface area contributed by atoms with Crippen LogP contribution in [0, 0.1) is 17.3 Å². The maximum Gasteiger partial charge on any atom is 0.305 e. The van der Waals surface area contributed by atoms with Crippen molar-refractivity contribution in [1.82, 2.24) is 0 Å². The Morgan fingerprint density at radius 2 is 2.03 bits per heavy atom. The number of esters is 1. The highest BCUT2D eigenvalue weighted by Gasteiger charge is 2.52. The van der Waals surface area contributed by atoms with Crippen molar-refractivity contribution >= 4 is 28.6 Å². The Bertz CT molecular complexity index is 680. The number of unbranched alkanes of at least 4 members (excludes halogenated alkanes) is 1. The average Bonchev–Trinajstić information content (AvgIpc) is 3.40. The third kappa shape index (κ3) is 8.11. The maximum atomic E-state index is 15.7. The molecule has 202 valence electrons. The Kier molecular flexibility index (Phi) is 11.8. The number of hydrogen-bond acceptors (Lipinski definition) is 5. The van der Waals surface area contributed by atoms with Gasteiger partial charge in [-0.05, 0) is 62.7 Å². The lowest BCUT2D eigenvalue weighted by atomic mass is 9.80. The van der Waals surface area contributed by atoms with E-state index < -0.39 is 12.3 Å². The Balaban J connectivity index is 1.62. The highest BCUT2D eigenvalue weighted by Crippen LogP contribution is 2.48. The lowest BCUT2D eigenvalue weighted by molar-refractivity contribution is -0.197. The number of halogens is 2. The Labute approximate surface area is 225 Å². The summed E-state index contributed by atoms with van der Waals surface area (Å²) in [7, 11) is 1.40. The predicted octanol–water partition coefficient (Wildman–Crippen LogP) is 6.95. The Hall–Kier alpha value is -0.250. The molecule has 1 saturated carbocycles. The number of carbonyl (C=O) groups is 1. The molecule has 2 unspecified atom stereocenters. The average molecular weight is 609 g/mol. The number of hydrogen-bond donors (Lipinski definition) is 0. The second-order valence-electron chi connectivity index (χ2n) is 11.2. The van der Waals surface area contributed by atoms with E-state index in [1.54, 1.807) is 0 Å². The number of ether oxygens (including phenoxy) is 4. The second-order valence-corrected chi connectivity index (χ2v) is 12.8. The molecular weight excluding hydrogens is 562 g/mol. The monoisotopic (exact) mass is 608 g/mol. The van der Waals surface area contributed by atoms with E-state index in [2.05, 4.69) is 55.5 Å². The van der Waals surface area contributed by atoms with Gasteiger partial charge in [0.15, 0.2) is 6.29 Å². The summed E-state index contributed by atoms with van der Waals surface area (Å²) < 4.78 is 39.1. The molecule has 5 nitrogen and oxygen atoms in total. The van der Waals surface area contributed by atoms with Crippen LogP contribution in [-0.4, -0.2) is 54.4 Å². The summed E-state index contributed by atoms with van der Waals surface area (Å²) in [6.45, 7) is 7.54. The van der Waals surface area contributed by atoms with Gasteiger partial charge in [-0.25, -0.2) is 4.39 Å². The first kappa shape index (κ1) is 29.3. The van der Waals surface area contributed by atoms with Crippen LogP contribution < -0.4 is 0 Å². The molecule has 35 heavy (non-hydrogen) atoms. The van der Waals surface area contributed by atoms with Crippen molar-refractivity contribution < 1.29 is 28.1 Å². The van der Waals surface area contributed by atoms with E-state index in [9.17, 15) is 4.79 Å². The zero-order valence-electron chi connectivity index (χ0n) is 22.1. The molecular formula is C28H46FIO5. The van der Waals surface area contributed by atoms with Gasteiger partial charge < -0.3 is 18.9 Å². The molecule has 3 fully saturated rings.